The van der Waals surface area contributed by atoms with E-state index in [1.807, 2.05) is 37.3 Å². The Morgan fingerprint density at radius 1 is 1.08 bits per heavy atom. The van der Waals surface area contributed by atoms with Crippen molar-refractivity contribution >= 4 is 28.7 Å². The number of benzene rings is 1. The lowest BCUT2D eigenvalue weighted by Gasteiger charge is -2.08. The Kier molecular flexibility index (Phi) is 3.12. The predicted octanol–water partition coefficient (Wildman–Crippen LogP) is 1.88. The lowest BCUT2D eigenvalue weighted by molar-refractivity contribution is 0.892. The Labute approximate surface area is 137 Å². The molecule has 0 aliphatic heterocycles. The lowest BCUT2D eigenvalue weighted by atomic mass is 10.3. The molecule has 0 atom stereocenters. The number of nitrogen functional groups attached to an aromatic ring is 1. The molecule has 0 aliphatic rings. The van der Waals surface area contributed by atoms with Crippen LogP contribution >= 0.6 is 0 Å². The summed E-state index contributed by atoms with van der Waals surface area (Å²) in [6.45, 7) is 3.70. The van der Waals surface area contributed by atoms with Crippen molar-refractivity contribution in [3.63, 3.8) is 0 Å². The smallest absolute Gasteiger partial charge is 0.242 e. The van der Waals surface area contributed by atoms with Gasteiger partial charge in [-0.1, -0.05) is 12.1 Å². The Hall–Kier alpha value is -3.49. The van der Waals surface area contributed by atoms with Crippen molar-refractivity contribution < 1.29 is 0 Å². The van der Waals surface area contributed by atoms with E-state index in [0.29, 0.717) is 23.5 Å². The molecule has 0 saturated heterocycles. The number of anilines is 3. The first kappa shape index (κ1) is 14.1. The normalized spacial score (nSPS) is 11.1. The van der Waals surface area contributed by atoms with Gasteiger partial charge in [-0.2, -0.15) is 20.1 Å². The molecule has 4 aromatic rings. The summed E-state index contributed by atoms with van der Waals surface area (Å²) in [4.78, 5) is 17.3. The van der Waals surface area contributed by atoms with Gasteiger partial charge in [-0.15, -0.1) is 0 Å². The van der Waals surface area contributed by atoms with Gasteiger partial charge in [0, 0.05) is 11.8 Å². The van der Waals surface area contributed by atoms with E-state index in [4.69, 9.17) is 5.73 Å². The zero-order valence-electron chi connectivity index (χ0n) is 13.1. The van der Waals surface area contributed by atoms with E-state index in [2.05, 4.69) is 35.5 Å². The van der Waals surface area contributed by atoms with Gasteiger partial charge in [0.1, 0.15) is 5.82 Å². The molecule has 0 radical (unpaired) electrons. The summed E-state index contributed by atoms with van der Waals surface area (Å²) in [5, 5.41) is 10.3. The molecule has 3 aromatic heterocycles. The summed E-state index contributed by atoms with van der Waals surface area (Å²) in [7, 11) is 0. The Balaban J connectivity index is 1.92. The second-order valence-electron chi connectivity index (χ2n) is 5.36. The molecule has 1 aromatic carbocycles. The fraction of sp³-hybridized carbons (Fsp3) is 0.133. The van der Waals surface area contributed by atoms with Gasteiger partial charge < -0.3 is 11.1 Å². The number of aryl methyl sites for hydroxylation is 2. The number of rotatable bonds is 3. The number of nitrogens with one attached hydrogen (secondary N) is 2. The summed E-state index contributed by atoms with van der Waals surface area (Å²) >= 11 is 0. The van der Waals surface area contributed by atoms with Crippen molar-refractivity contribution in [1.29, 1.82) is 0 Å². The summed E-state index contributed by atoms with van der Waals surface area (Å²) in [6, 6.07) is 9.61. The van der Waals surface area contributed by atoms with E-state index in [1.165, 1.54) is 0 Å². The lowest BCUT2D eigenvalue weighted by Crippen LogP contribution is -2.10. The second kappa shape index (κ2) is 5.30. The molecule has 0 amide bonds. The average molecular weight is 321 g/mol. The molecule has 0 saturated carbocycles. The maximum Gasteiger partial charge on any atom is 0.242 e. The molecule has 9 heteroatoms. The van der Waals surface area contributed by atoms with E-state index in [9.17, 15) is 0 Å². The Bertz CT molecular complexity index is 1010. The molecule has 0 spiro atoms. The van der Waals surface area contributed by atoms with E-state index in [0.717, 1.165) is 16.7 Å². The van der Waals surface area contributed by atoms with Gasteiger partial charge in [-0.3, -0.25) is 5.10 Å². The molecular formula is C15H15N9. The first-order valence-corrected chi connectivity index (χ1v) is 7.35. The van der Waals surface area contributed by atoms with Crippen molar-refractivity contribution in [2.75, 3.05) is 11.1 Å². The van der Waals surface area contributed by atoms with Gasteiger partial charge in [0.05, 0.1) is 11.0 Å². The zero-order chi connectivity index (χ0) is 16.7. The molecule has 0 unspecified atom stereocenters. The van der Waals surface area contributed by atoms with Crippen molar-refractivity contribution in [2.24, 2.45) is 0 Å². The minimum absolute atomic E-state index is 0.164. The monoisotopic (exact) mass is 321 g/mol. The number of hydrogen-bond donors (Lipinski definition) is 3. The number of fused-ring (bicyclic) bond motifs is 1. The maximum atomic E-state index is 5.78. The van der Waals surface area contributed by atoms with Gasteiger partial charge >= 0.3 is 0 Å². The summed E-state index contributed by atoms with van der Waals surface area (Å²) in [5.41, 5.74) is 8.39. The number of para-hydroxylation sites is 2. The topological polar surface area (TPSA) is 123 Å². The first-order chi connectivity index (χ1) is 11.6. The second-order valence-corrected chi connectivity index (χ2v) is 5.36. The van der Waals surface area contributed by atoms with Crippen LogP contribution in [0.25, 0.3) is 17.0 Å². The molecule has 0 aliphatic carbocycles. The summed E-state index contributed by atoms with van der Waals surface area (Å²) < 4.78 is 1.80. The molecule has 120 valence electrons. The van der Waals surface area contributed by atoms with Crippen LogP contribution in [0.4, 0.5) is 17.7 Å². The van der Waals surface area contributed by atoms with Gasteiger partial charge in [0.25, 0.3) is 0 Å². The van der Waals surface area contributed by atoms with Crippen LogP contribution in [-0.2, 0) is 0 Å². The zero-order valence-corrected chi connectivity index (χ0v) is 13.1. The highest BCUT2D eigenvalue weighted by atomic mass is 15.3. The fourth-order valence-electron chi connectivity index (χ4n) is 2.50. The number of aromatic nitrogens is 7. The Morgan fingerprint density at radius 3 is 2.67 bits per heavy atom. The van der Waals surface area contributed by atoms with Crippen LogP contribution in [0.3, 0.4) is 0 Å². The number of H-pyrrole nitrogens is 1. The number of aromatic amines is 1. The minimum Gasteiger partial charge on any atom is -0.368 e. The van der Waals surface area contributed by atoms with Crippen LogP contribution in [0.1, 0.15) is 11.5 Å². The van der Waals surface area contributed by atoms with Crippen molar-refractivity contribution in [1.82, 2.24) is 34.7 Å². The largest absolute Gasteiger partial charge is 0.368 e. The number of nitrogens with zero attached hydrogens (tertiary/aromatic N) is 6. The molecule has 4 rings (SSSR count). The molecule has 24 heavy (non-hydrogen) atoms. The third kappa shape index (κ3) is 2.41. The van der Waals surface area contributed by atoms with E-state index < -0.39 is 0 Å². The van der Waals surface area contributed by atoms with E-state index in [-0.39, 0.29) is 5.95 Å². The van der Waals surface area contributed by atoms with Crippen LogP contribution in [-0.4, -0.2) is 34.7 Å². The maximum absolute atomic E-state index is 5.78. The van der Waals surface area contributed by atoms with Crippen molar-refractivity contribution in [3.8, 4) is 5.95 Å². The number of nitrogens with two attached hydrogens (primary N) is 1. The van der Waals surface area contributed by atoms with E-state index in [1.54, 1.807) is 11.5 Å². The molecule has 9 nitrogen and oxygen atoms in total. The van der Waals surface area contributed by atoms with E-state index >= 15 is 0 Å². The number of hydrogen-bond acceptors (Lipinski definition) is 7. The molecular weight excluding hydrogens is 306 g/mol. The third-order valence-corrected chi connectivity index (χ3v) is 3.46. The predicted molar refractivity (Wildman–Crippen MR) is 90.2 cm³/mol. The first-order valence-electron chi connectivity index (χ1n) is 7.35. The fourth-order valence-corrected chi connectivity index (χ4v) is 2.50. The van der Waals surface area contributed by atoms with Crippen LogP contribution in [0.5, 0.6) is 0 Å². The van der Waals surface area contributed by atoms with Crippen molar-refractivity contribution in [3.05, 3.63) is 41.9 Å². The quantitative estimate of drug-likeness (QED) is 0.526. The number of imidazole rings is 1. The third-order valence-electron chi connectivity index (χ3n) is 3.46. The van der Waals surface area contributed by atoms with Crippen LogP contribution in [0.2, 0.25) is 0 Å². The molecule has 4 N–H and O–H groups in total. The standard InChI is InChI=1S/C15H15N9/c1-8-7-12(23-22-8)20-15-19-10-5-3-4-6-11(10)24(15)14-18-9(2)17-13(16)21-14/h3-7H,1-2H3,(H2,16,17,18,21)(H2,19,20,22,23). The molecule has 0 bridgehead atoms. The van der Waals surface area contributed by atoms with Crippen LogP contribution < -0.4 is 11.1 Å². The van der Waals surface area contributed by atoms with Gasteiger partial charge in [0.15, 0.2) is 5.82 Å². The van der Waals surface area contributed by atoms with Gasteiger partial charge in [-0.05, 0) is 26.0 Å². The molecule has 3 heterocycles. The average Bonchev–Trinajstić information content (AvgIpc) is 3.09. The van der Waals surface area contributed by atoms with Crippen LogP contribution in [0.15, 0.2) is 30.3 Å². The summed E-state index contributed by atoms with van der Waals surface area (Å²) in [5.74, 6) is 2.31. The minimum atomic E-state index is 0.164. The SMILES string of the molecule is Cc1nc(N)nc(-n2c(Nc3cc(C)[nH]n3)nc3ccccc32)n1. The van der Waals surface area contributed by atoms with Gasteiger partial charge in [0.2, 0.25) is 17.8 Å². The highest BCUT2D eigenvalue weighted by molar-refractivity contribution is 5.81. The van der Waals surface area contributed by atoms with Crippen molar-refractivity contribution in [2.45, 2.75) is 13.8 Å². The van der Waals surface area contributed by atoms with Gasteiger partial charge in [-0.25, -0.2) is 9.55 Å². The Morgan fingerprint density at radius 2 is 1.92 bits per heavy atom. The highest BCUT2D eigenvalue weighted by Gasteiger charge is 2.16. The summed E-state index contributed by atoms with van der Waals surface area (Å²) in [6.07, 6.45) is 0. The molecule has 0 fully saturated rings. The highest BCUT2D eigenvalue weighted by Crippen LogP contribution is 2.25. The van der Waals surface area contributed by atoms with Crippen LogP contribution in [0, 0.1) is 13.8 Å².